The normalized spacial score (nSPS) is 18.1. The number of aromatic nitrogens is 2. The van der Waals surface area contributed by atoms with Gasteiger partial charge in [0.15, 0.2) is 18.7 Å². The van der Waals surface area contributed by atoms with Crippen LogP contribution in [0.4, 0.5) is 5.82 Å². The number of benzene rings is 1. The van der Waals surface area contributed by atoms with Crippen LogP contribution in [-0.2, 0) is 14.3 Å². The van der Waals surface area contributed by atoms with Crippen LogP contribution < -0.4 is 14.8 Å². The predicted molar refractivity (Wildman–Crippen MR) is 100 cm³/mol. The number of aromatic hydroxyl groups is 1. The molecular weight excluding hydrogens is 382 g/mol. The summed E-state index contributed by atoms with van der Waals surface area (Å²) in [6.07, 6.45) is 2.67. The van der Waals surface area contributed by atoms with Crippen LogP contribution in [-0.4, -0.2) is 53.8 Å². The van der Waals surface area contributed by atoms with E-state index in [4.69, 9.17) is 14.2 Å². The van der Waals surface area contributed by atoms with Gasteiger partial charge in [0.1, 0.15) is 23.4 Å². The summed E-state index contributed by atoms with van der Waals surface area (Å²) in [6, 6.07) is 4.40. The molecule has 3 rings (SSSR count). The molecule has 10 nitrogen and oxygen atoms in total. The van der Waals surface area contributed by atoms with E-state index >= 15 is 0 Å². The summed E-state index contributed by atoms with van der Waals surface area (Å²) >= 11 is 0. The fourth-order valence-corrected chi connectivity index (χ4v) is 3.30. The van der Waals surface area contributed by atoms with Crippen molar-refractivity contribution in [1.82, 2.24) is 10.2 Å². The zero-order valence-electron chi connectivity index (χ0n) is 15.7. The Kier molecular flexibility index (Phi) is 6.32. The number of ether oxygens (including phenoxy) is 3. The fourth-order valence-electron chi connectivity index (χ4n) is 3.30. The molecule has 1 saturated carbocycles. The maximum absolute atomic E-state index is 12.2. The number of phenolic OH excluding ortho intramolecular Hbond substituents is 1. The Morgan fingerprint density at radius 2 is 2.17 bits per heavy atom. The van der Waals surface area contributed by atoms with Crippen molar-refractivity contribution in [1.29, 1.82) is 0 Å². The van der Waals surface area contributed by atoms with Crippen molar-refractivity contribution >= 4 is 24.5 Å². The van der Waals surface area contributed by atoms with Gasteiger partial charge in [-0.3, -0.25) is 19.5 Å². The molecule has 10 heteroatoms. The number of nitrogens with zero attached hydrogens (tertiary/aromatic N) is 1. The Labute approximate surface area is 166 Å². The highest BCUT2D eigenvalue weighted by Crippen LogP contribution is 2.35. The minimum Gasteiger partial charge on any atom is -0.507 e. The summed E-state index contributed by atoms with van der Waals surface area (Å²) < 4.78 is 15.4. The Bertz CT molecular complexity index is 896. The number of aromatic amines is 1. The molecule has 1 amide bonds. The summed E-state index contributed by atoms with van der Waals surface area (Å²) in [5.74, 6) is 0.0217. The average Bonchev–Trinajstić information content (AvgIpc) is 3.35. The van der Waals surface area contributed by atoms with Crippen LogP contribution in [0.3, 0.4) is 0 Å². The summed E-state index contributed by atoms with van der Waals surface area (Å²) in [5.41, 5.74) is 0.771. The SMILES string of the molecule is COc1cc(O)c(C=O)c(OCC(=O)Nc2cc(C3CCC(OC=O)C3)[nH]n2)c1. The van der Waals surface area contributed by atoms with Crippen molar-refractivity contribution in [2.24, 2.45) is 0 Å². The molecule has 1 aromatic carbocycles. The molecule has 0 saturated heterocycles. The van der Waals surface area contributed by atoms with Gasteiger partial charge in [-0.05, 0) is 19.3 Å². The zero-order chi connectivity index (χ0) is 20.8. The monoisotopic (exact) mass is 403 g/mol. The van der Waals surface area contributed by atoms with Crippen LogP contribution in [0.25, 0.3) is 0 Å². The summed E-state index contributed by atoms with van der Waals surface area (Å²) in [7, 11) is 1.40. The Morgan fingerprint density at radius 3 is 2.90 bits per heavy atom. The second-order valence-electron chi connectivity index (χ2n) is 6.59. The molecule has 1 aliphatic rings. The molecule has 2 unspecified atom stereocenters. The van der Waals surface area contributed by atoms with Gasteiger partial charge in [-0.2, -0.15) is 5.10 Å². The van der Waals surface area contributed by atoms with Gasteiger partial charge in [-0.15, -0.1) is 0 Å². The molecule has 0 spiro atoms. The Balaban J connectivity index is 1.57. The van der Waals surface area contributed by atoms with E-state index in [0.29, 0.717) is 25.0 Å². The molecule has 2 aromatic rings. The molecule has 0 radical (unpaired) electrons. The predicted octanol–water partition coefficient (Wildman–Crippen LogP) is 1.76. The van der Waals surface area contributed by atoms with E-state index < -0.39 is 12.5 Å². The van der Waals surface area contributed by atoms with Gasteiger partial charge in [0.05, 0.1) is 12.7 Å². The quantitative estimate of drug-likeness (QED) is 0.538. The van der Waals surface area contributed by atoms with Crippen molar-refractivity contribution in [3.63, 3.8) is 0 Å². The van der Waals surface area contributed by atoms with E-state index in [1.807, 2.05) is 0 Å². The van der Waals surface area contributed by atoms with Gasteiger partial charge < -0.3 is 24.6 Å². The lowest BCUT2D eigenvalue weighted by molar-refractivity contribution is -0.133. The van der Waals surface area contributed by atoms with Gasteiger partial charge in [0.2, 0.25) is 0 Å². The lowest BCUT2D eigenvalue weighted by atomic mass is 10.0. The third-order valence-corrected chi connectivity index (χ3v) is 4.74. The first-order valence-electron chi connectivity index (χ1n) is 8.97. The van der Waals surface area contributed by atoms with E-state index in [2.05, 4.69) is 15.5 Å². The highest BCUT2D eigenvalue weighted by molar-refractivity contribution is 5.91. The Hall–Kier alpha value is -3.56. The first kappa shape index (κ1) is 20.2. The smallest absolute Gasteiger partial charge is 0.293 e. The second-order valence-corrected chi connectivity index (χ2v) is 6.59. The maximum Gasteiger partial charge on any atom is 0.293 e. The van der Waals surface area contributed by atoms with Gasteiger partial charge in [-0.1, -0.05) is 0 Å². The second kappa shape index (κ2) is 9.09. The molecule has 1 aliphatic carbocycles. The third-order valence-electron chi connectivity index (χ3n) is 4.74. The van der Waals surface area contributed by atoms with Gasteiger partial charge in [-0.25, -0.2) is 0 Å². The summed E-state index contributed by atoms with van der Waals surface area (Å²) in [4.78, 5) is 33.8. The van der Waals surface area contributed by atoms with Crippen molar-refractivity contribution in [3.05, 3.63) is 29.5 Å². The molecule has 3 N–H and O–H groups in total. The number of anilines is 1. The molecule has 2 atom stereocenters. The lowest BCUT2D eigenvalue weighted by Gasteiger charge is -2.11. The number of nitrogens with one attached hydrogen (secondary N) is 2. The number of carbonyl (C=O) groups excluding carboxylic acids is 3. The van der Waals surface area contributed by atoms with E-state index in [9.17, 15) is 19.5 Å². The number of phenols is 1. The fraction of sp³-hybridized carbons (Fsp3) is 0.368. The highest BCUT2D eigenvalue weighted by atomic mass is 16.5. The van der Waals surface area contributed by atoms with Crippen LogP contribution in [0.15, 0.2) is 18.2 Å². The van der Waals surface area contributed by atoms with Crippen molar-refractivity contribution in [2.75, 3.05) is 19.0 Å². The van der Waals surface area contributed by atoms with Gasteiger partial charge in [0, 0.05) is 29.8 Å². The number of carbonyl (C=O) groups is 3. The molecular formula is C19H21N3O7. The number of hydrogen-bond acceptors (Lipinski definition) is 8. The molecule has 1 aromatic heterocycles. The van der Waals surface area contributed by atoms with E-state index in [1.54, 1.807) is 6.07 Å². The van der Waals surface area contributed by atoms with Crippen LogP contribution in [0.1, 0.15) is 41.2 Å². The minimum atomic E-state index is -0.490. The van der Waals surface area contributed by atoms with Crippen LogP contribution >= 0.6 is 0 Å². The number of methoxy groups -OCH3 is 1. The van der Waals surface area contributed by atoms with Crippen molar-refractivity contribution in [3.8, 4) is 17.2 Å². The number of rotatable bonds is 9. The van der Waals surface area contributed by atoms with Crippen LogP contribution in [0.2, 0.25) is 0 Å². The standard InChI is InChI=1S/C19H21N3O7/c1-27-13-5-16(25)14(8-23)17(6-13)28-9-19(26)20-18-7-15(21-22-18)11-2-3-12(4-11)29-10-24/h5-8,10-12,25H,2-4,9H2,1H3,(H2,20,21,22,26). The number of amides is 1. The molecule has 29 heavy (non-hydrogen) atoms. The molecule has 0 bridgehead atoms. The van der Waals surface area contributed by atoms with E-state index in [1.165, 1.54) is 19.2 Å². The first-order valence-corrected chi connectivity index (χ1v) is 8.97. The van der Waals surface area contributed by atoms with Gasteiger partial charge in [0.25, 0.3) is 12.4 Å². The molecule has 1 fully saturated rings. The molecule has 154 valence electrons. The lowest BCUT2D eigenvalue weighted by Crippen LogP contribution is -2.20. The van der Waals surface area contributed by atoms with E-state index in [-0.39, 0.29) is 34.8 Å². The third kappa shape index (κ3) is 4.84. The number of aldehydes is 1. The van der Waals surface area contributed by atoms with E-state index in [0.717, 1.165) is 18.5 Å². The van der Waals surface area contributed by atoms with Crippen molar-refractivity contribution in [2.45, 2.75) is 31.3 Å². The topological polar surface area (TPSA) is 140 Å². The Morgan fingerprint density at radius 1 is 1.34 bits per heavy atom. The van der Waals surface area contributed by atoms with Crippen molar-refractivity contribution < 1.29 is 33.7 Å². The summed E-state index contributed by atoms with van der Waals surface area (Å²) in [6.45, 7) is 0.0675. The molecule has 1 heterocycles. The average molecular weight is 403 g/mol. The van der Waals surface area contributed by atoms with Crippen LogP contribution in [0, 0.1) is 0 Å². The van der Waals surface area contributed by atoms with Gasteiger partial charge >= 0.3 is 0 Å². The number of hydrogen-bond donors (Lipinski definition) is 3. The highest BCUT2D eigenvalue weighted by Gasteiger charge is 2.28. The number of H-pyrrole nitrogens is 1. The first-order chi connectivity index (χ1) is 14.0. The zero-order valence-corrected chi connectivity index (χ0v) is 15.7. The maximum atomic E-state index is 12.2. The largest absolute Gasteiger partial charge is 0.507 e. The van der Waals surface area contributed by atoms with Crippen LogP contribution in [0.5, 0.6) is 17.2 Å². The minimum absolute atomic E-state index is 0.0295. The summed E-state index contributed by atoms with van der Waals surface area (Å²) in [5, 5.41) is 19.4. The molecule has 0 aliphatic heterocycles.